The predicted octanol–water partition coefficient (Wildman–Crippen LogP) is 1.60. The van der Waals surface area contributed by atoms with Crippen LogP contribution in [0.1, 0.15) is 38.5 Å². The second-order valence-electron chi connectivity index (χ2n) is 6.09. The van der Waals surface area contributed by atoms with Crippen LogP contribution in [-0.4, -0.2) is 54.2 Å². The van der Waals surface area contributed by atoms with Gasteiger partial charge in [0.2, 0.25) is 21.8 Å². The first-order chi connectivity index (χ1) is 11.1. The molecular formula is C15H23N3O4S. The van der Waals surface area contributed by atoms with E-state index in [2.05, 4.69) is 9.97 Å². The zero-order valence-electron chi connectivity index (χ0n) is 13.3. The summed E-state index contributed by atoms with van der Waals surface area (Å²) < 4.78 is 37.8. The maximum absolute atomic E-state index is 12.7. The van der Waals surface area contributed by atoms with Crippen molar-refractivity contribution in [2.75, 3.05) is 20.2 Å². The van der Waals surface area contributed by atoms with Gasteiger partial charge >= 0.3 is 0 Å². The third-order valence-corrected chi connectivity index (χ3v) is 6.89. The van der Waals surface area contributed by atoms with Crippen molar-refractivity contribution in [3.05, 3.63) is 12.4 Å². The Labute approximate surface area is 137 Å². The molecule has 1 saturated heterocycles. The van der Waals surface area contributed by atoms with Gasteiger partial charge in [-0.3, -0.25) is 4.98 Å². The first kappa shape index (κ1) is 16.4. The Bertz CT molecular complexity index is 631. The van der Waals surface area contributed by atoms with Gasteiger partial charge in [0.25, 0.3) is 0 Å². The van der Waals surface area contributed by atoms with Crippen LogP contribution >= 0.6 is 0 Å². The standard InChI is InChI=1S/C15H23N3O4S/c1-21-14-9-16-10-15(17-14)22-12-7-8-18(11-12)23(19,20)13-5-3-2-4-6-13/h9-10,12-13H,2-8,11H2,1H3. The van der Waals surface area contributed by atoms with Crippen molar-refractivity contribution in [1.29, 1.82) is 0 Å². The van der Waals surface area contributed by atoms with Crippen molar-refractivity contribution in [3.8, 4) is 11.8 Å². The topological polar surface area (TPSA) is 81.6 Å². The Balaban J connectivity index is 1.61. The number of hydrogen-bond acceptors (Lipinski definition) is 6. The van der Waals surface area contributed by atoms with Crippen molar-refractivity contribution >= 4 is 10.0 Å². The molecule has 1 aromatic heterocycles. The van der Waals surface area contributed by atoms with Crippen molar-refractivity contribution in [1.82, 2.24) is 14.3 Å². The summed E-state index contributed by atoms with van der Waals surface area (Å²) in [7, 11) is -1.69. The summed E-state index contributed by atoms with van der Waals surface area (Å²) in [6.45, 7) is 0.901. The Morgan fingerprint density at radius 3 is 2.61 bits per heavy atom. The molecule has 128 valence electrons. The summed E-state index contributed by atoms with van der Waals surface area (Å²) in [6, 6.07) is 0. The van der Waals surface area contributed by atoms with E-state index in [9.17, 15) is 8.42 Å². The highest BCUT2D eigenvalue weighted by Gasteiger charge is 2.38. The third-order valence-electron chi connectivity index (χ3n) is 4.53. The minimum atomic E-state index is -3.21. The molecule has 3 rings (SSSR count). The maximum Gasteiger partial charge on any atom is 0.235 e. The van der Waals surface area contributed by atoms with E-state index in [0.717, 1.165) is 32.1 Å². The smallest absolute Gasteiger partial charge is 0.235 e. The number of ether oxygens (including phenoxy) is 2. The van der Waals surface area contributed by atoms with Crippen molar-refractivity contribution in [2.45, 2.75) is 49.9 Å². The fourth-order valence-electron chi connectivity index (χ4n) is 3.26. The van der Waals surface area contributed by atoms with Crippen LogP contribution in [0.5, 0.6) is 11.8 Å². The van der Waals surface area contributed by atoms with Gasteiger partial charge in [0, 0.05) is 6.54 Å². The number of sulfonamides is 1. The highest BCUT2D eigenvalue weighted by Crippen LogP contribution is 2.29. The van der Waals surface area contributed by atoms with Crippen molar-refractivity contribution in [2.24, 2.45) is 0 Å². The number of aromatic nitrogens is 2. The molecule has 2 heterocycles. The van der Waals surface area contributed by atoms with Gasteiger partial charge < -0.3 is 9.47 Å². The molecule has 0 aromatic carbocycles. The lowest BCUT2D eigenvalue weighted by Gasteiger charge is -2.26. The van der Waals surface area contributed by atoms with Crippen LogP contribution in [0.15, 0.2) is 12.4 Å². The molecular weight excluding hydrogens is 318 g/mol. The quantitative estimate of drug-likeness (QED) is 0.809. The van der Waals surface area contributed by atoms with Gasteiger partial charge in [-0.1, -0.05) is 19.3 Å². The Hall–Kier alpha value is -1.41. The van der Waals surface area contributed by atoms with Gasteiger partial charge in [0.1, 0.15) is 6.10 Å². The monoisotopic (exact) mass is 341 g/mol. The van der Waals surface area contributed by atoms with Gasteiger partial charge in [0.05, 0.1) is 31.3 Å². The third kappa shape index (κ3) is 3.74. The lowest BCUT2D eigenvalue weighted by molar-refractivity contribution is 0.203. The molecule has 0 amide bonds. The molecule has 23 heavy (non-hydrogen) atoms. The molecule has 1 atom stereocenters. The minimum Gasteiger partial charge on any atom is -0.480 e. The SMILES string of the molecule is COc1cncc(OC2CCN(S(=O)(=O)C3CCCCC3)C2)n1. The summed E-state index contributed by atoms with van der Waals surface area (Å²) in [6.07, 6.45) is 8.24. The van der Waals surface area contributed by atoms with Crippen LogP contribution in [-0.2, 0) is 10.0 Å². The van der Waals surface area contributed by atoms with E-state index in [4.69, 9.17) is 9.47 Å². The van der Waals surface area contributed by atoms with Crippen molar-refractivity contribution in [3.63, 3.8) is 0 Å². The minimum absolute atomic E-state index is 0.185. The molecule has 7 nitrogen and oxygen atoms in total. The van der Waals surface area contributed by atoms with E-state index >= 15 is 0 Å². The van der Waals surface area contributed by atoms with Crippen LogP contribution in [0.4, 0.5) is 0 Å². The van der Waals surface area contributed by atoms with E-state index < -0.39 is 10.0 Å². The average molecular weight is 341 g/mol. The molecule has 8 heteroatoms. The Morgan fingerprint density at radius 2 is 1.87 bits per heavy atom. The van der Waals surface area contributed by atoms with Crippen molar-refractivity contribution < 1.29 is 17.9 Å². The fraction of sp³-hybridized carbons (Fsp3) is 0.733. The van der Waals surface area contributed by atoms with E-state index in [1.807, 2.05) is 0 Å². The molecule has 1 saturated carbocycles. The summed E-state index contributed by atoms with van der Waals surface area (Å²) >= 11 is 0. The van der Waals surface area contributed by atoms with Gasteiger partial charge in [-0.05, 0) is 19.3 Å². The fourth-order valence-corrected chi connectivity index (χ4v) is 5.34. The van der Waals surface area contributed by atoms with Crippen LogP contribution in [0.25, 0.3) is 0 Å². The number of methoxy groups -OCH3 is 1. The van der Waals surface area contributed by atoms with Gasteiger partial charge in [-0.2, -0.15) is 9.29 Å². The van der Waals surface area contributed by atoms with E-state index in [1.54, 1.807) is 4.31 Å². The Morgan fingerprint density at radius 1 is 1.13 bits per heavy atom. The molecule has 0 N–H and O–H groups in total. The van der Waals surface area contributed by atoms with Crippen LogP contribution in [0.3, 0.4) is 0 Å². The highest BCUT2D eigenvalue weighted by molar-refractivity contribution is 7.89. The molecule has 2 aliphatic rings. The normalized spacial score (nSPS) is 23.8. The van der Waals surface area contributed by atoms with E-state index in [1.165, 1.54) is 19.5 Å². The summed E-state index contributed by atoms with van der Waals surface area (Å²) in [4.78, 5) is 8.15. The largest absolute Gasteiger partial charge is 0.480 e. The second kappa shape index (κ2) is 7.00. The van der Waals surface area contributed by atoms with Crippen LogP contribution in [0, 0.1) is 0 Å². The van der Waals surface area contributed by atoms with Gasteiger partial charge in [-0.25, -0.2) is 8.42 Å². The average Bonchev–Trinajstić information content (AvgIpc) is 3.05. The molecule has 1 aliphatic heterocycles. The number of rotatable bonds is 5. The number of hydrogen-bond donors (Lipinski definition) is 0. The molecule has 2 fully saturated rings. The van der Waals surface area contributed by atoms with E-state index in [-0.39, 0.29) is 11.4 Å². The van der Waals surface area contributed by atoms with E-state index in [0.29, 0.717) is 31.3 Å². The maximum atomic E-state index is 12.7. The lowest BCUT2D eigenvalue weighted by atomic mass is 10.0. The molecule has 1 aromatic rings. The van der Waals surface area contributed by atoms with Crippen LogP contribution in [0.2, 0.25) is 0 Å². The summed E-state index contributed by atoms with van der Waals surface area (Å²) in [5.74, 6) is 0.749. The van der Waals surface area contributed by atoms with Gasteiger partial charge in [-0.15, -0.1) is 0 Å². The lowest BCUT2D eigenvalue weighted by Crippen LogP contribution is -2.39. The zero-order valence-corrected chi connectivity index (χ0v) is 14.2. The first-order valence-corrected chi connectivity index (χ1v) is 9.61. The predicted molar refractivity (Wildman–Crippen MR) is 85.0 cm³/mol. The Kier molecular flexibility index (Phi) is 5.01. The zero-order chi connectivity index (χ0) is 16.3. The summed E-state index contributed by atoms with van der Waals surface area (Å²) in [5, 5.41) is -0.216. The molecule has 1 unspecified atom stereocenters. The first-order valence-electron chi connectivity index (χ1n) is 8.11. The molecule has 0 spiro atoms. The molecule has 0 bridgehead atoms. The number of nitrogens with zero attached hydrogens (tertiary/aromatic N) is 3. The molecule has 1 aliphatic carbocycles. The second-order valence-corrected chi connectivity index (χ2v) is 8.30. The van der Waals surface area contributed by atoms with Gasteiger partial charge in [0.15, 0.2) is 0 Å². The molecule has 0 radical (unpaired) electrons. The van der Waals surface area contributed by atoms with Crippen LogP contribution < -0.4 is 9.47 Å². The highest BCUT2D eigenvalue weighted by atomic mass is 32.2. The summed E-state index contributed by atoms with van der Waals surface area (Å²) in [5.41, 5.74) is 0.